The van der Waals surface area contributed by atoms with Gasteiger partial charge in [0.05, 0.1) is 6.10 Å². The average molecular weight is 231 g/mol. The van der Waals surface area contributed by atoms with Crippen LogP contribution < -0.4 is 10.6 Å². The van der Waals surface area contributed by atoms with Gasteiger partial charge >= 0.3 is 0 Å². The predicted molar refractivity (Wildman–Crippen MR) is 66.1 cm³/mol. The third-order valence-electron chi connectivity index (χ3n) is 2.36. The van der Waals surface area contributed by atoms with E-state index in [2.05, 4.69) is 15.5 Å². The molecule has 1 heterocycles. The van der Waals surface area contributed by atoms with Crippen LogP contribution in [-0.2, 0) is 4.74 Å². The monoisotopic (exact) mass is 231 g/mol. The first-order valence-electron chi connectivity index (χ1n) is 5.46. The van der Waals surface area contributed by atoms with Crippen LogP contribution in [0, 0.1) is 0 Å². The summed E-state index contributed by atoms with van der Waals surface area (Å²) in [6.45, 7) is 3.59. The summed E-state index contributed by atoms with van der Waals surface area (Å²) in [6.07, 6.45) is 2.67. The van der Waals surface area contributed by atoms with E-state index in [0.29, 0.717) is 6.10 Å². The van der Waals surface area contributed by atoms with E-state index in [-0.39, 0.29) is 0 Å². The minimum atomic E-state index is 0.346. The Morgan fingerprint density at radius 3 is 2.87 bits per heavy atom. The van der Waals surface area contributed by atoms with Gasteiger partial charge in [0.15, 0.2) is 5.11 Å². The van der Waals surface area contributed by atoms with Crippen LogP contribution in [0.5, 0.6) is 0 Å². The first-order chi connectivity index (χ1) is 7.18. The molecule has 0 bridgehead atoms. The van der Waals surface area contributed by atoms with Gasteiger partial charge in [-0.2, -0.15) is 0 Å². The summed E-state index contributed by atoms with van der Waals surface area (Å²) in [5.41, 5.74) is 0. The number of hydrogen-bond donors (Lipinski definition) is 2. The molecule has 1 aliphatic rings. The van der Waals surface area contributed by atoms with Gasteiger partial charge in [-0.1, -0.05) is 0 Å². The fraction of sp³-hybridized carbons (Fsp3) is 0.900. The summed E-state index contributed by atoms with van der Waals surface area (Å²) in [7, 11) is 4.09. The topological polar surface area (TPSA) is 36.5 Å². The minimum absolute atomic E-state index is 0.346. The van der Waals surface area contributed by atoms with Crippen LogP contribution in [0.1, 0.15) is 12.8 Å². The van der Waals surface area contributed by atoms with E-state index in [1.54, 1.807) is 0 Å². The molecule has 1 unspecified atom stereocenters. The van der Waals surface area contributed by atoms with Crippen LogP contribution in [0.4, 0.5) is 0 Å². The molecule has 0 aromatic rings. The molecule has 1 fully saturated rings. The molecular formula is C10H21N3OS. The molecule has 4 nitrogen and oxygen atoms in total. The number of rotatable bonds is 5. The van der Waals surface area contributed by atoms with Gasteiger partial charge in [-0.15, -0.1) is 0 Å². The quantitative estimate of drug-likeness (QED) is 0.661. The van der Waals surface area contributed by atoms with Gasteiger partial charge in [0.2, 0.25) is 0 Å². The Labute approximate surface area is 97.3 Å². The van der Waals surface area contributed by atoms with E-state index in [9.17, 15) is 0 Å². The summed E-state index contributed by atoms with van der Waals surface area (Å²) >= 11 is 5.14. The van der Waals surface area contributed by atoms with Crippen molar-refractivity contribution in [2.24, 2.45) is 0 Å². The average Bonchev–Trinajstić information content (AvgIpc) is 2.66. The van der Waals surface area contributed by atoms with E-state index in [4.69, 9.17) is 17.0 Å². The van der Waals surface area contributed by atoms with E-state index < -0.39 is 0 Å². The summed E-state index contributed by atoms with van der Waals surface area (Å²) in [6, 6.07) is 0. The highest BCUT2D eigenvalue weighted by Gasteiger charge is 2.14. The molecular weight excluding hydrogens is 210 g/mol. The molecule has 0 aliphatic carbocycles. The first kappa shape index (κ1) is 12.7. The van der Waals surface area contributed by atoms with Gasteiger partial charge in [0.1, 0.15) is 0 Å². The Balaban J connectivity index is 1.98. The lowest BCUT2D eigenvalue weighted by atomic mass is 10.2. The molecule has 1 saturated heterocycles. The third-order valence-corrected chi connectivity index (χ3v) is 2.65. The zero-order valence-corrected chi connectivity index (χ0v) is 10.4. The third kappa shape index (κ3) is 5.92. The smallest absolute Gasteiger partial charge is 0.166 e. The van der Waals surface area contributed by atoms with Crippen LogP contribution >= 0.6 is 12.2 Å². The SMILES string of the molecule is CN(C)CCNC(=S)NCC1CCCO1. The van der Waals surface area contributed by atoms with Crippen molar-refractivity contribution in [2.45, 2.75) is 18.9 Å². The van der Waals surface area contributed by atoms with Crippen LogP contribution in [0.3, 0.4) is 0 Å². The van der Waals surface area contributed by atoms with Gasteiger partial charge < -0.3 is 20.3 Å². The Morgan fingerprint density at radius 1 is 1.47 bits per heavy atom. The minimum Gasteiger partial charge on any atom is -0.376 e. The second-order valence-corrected chi connectivity index (χ2v) is 4.48. The van der Waals surface area contributed by atoms with Gasteiger partial charge in [-0.05, 0) is 39.2 Å². The van der Waals surface area contributed by atoms with Crippen LogP contribution in [0.25, 0.3) is 0 Å². The lowest BCUT2D eigenvalue weighted by molar-refractivity contribution is 0.114. The van der Waals surface area contributed by atoms with Crippen molar-refractivity contribution in [2.75, 3.05) is 40.3 Å². The fourth-order valence-corrected chi connectivity index (χ4v) is 1.65. The molecule has 0 saturated carbocycles. The van der Waals surface area contributed by atoms with Gasteiger partial charge in [-0.3, -0.25) is 0 Å². The molecule has 0 aromatic carbocycles. The summed E-state index contributed by atoms with van der Waals surface area (Å²) in [5.74, 6) is 0. The van der Waals surface area contributed by atoms with Crippen molar-refractivity contribution < 1.29 is 4.74 Å². The second kappa shape index (κ2) is 6.98. The normalized spacial score (nSPS) is 20.6. The Hall–Kier alpha value is -0.390. The maximum atomic E-state index is 5.49. The fourth-order valence-electron chi connectivity index (χ4n) is 1.47. The molecule has 0 spiro atoms. The summed E-state index contributed by atoms with van der Waals surface area (Å²) in [5, 5.41) is 7.07. The molecule has 15 heavy (non-hydrogen) atoms. The lowest BCUT2D eigenvalue weighted by Gasteiger charge is -2.15. The Morgan fingerprint density at radius 2 is 2.27 bits per heavy atom. The summed E-state index contributed by atoms with van der Waals surface area (Å²) in [4.78, 5) is 2.12. The number of nitrogens with zero attached hydrogens (tertiary/aromatic N) is 1. The van der Waals surface area contributed by atoms with Crippen molar-refractivity contribution in [3.05, 3.63) is 0 Å². The van der Waals surface area contributed by atoms with E-state index in [0.717, 1.165) is 37.8 Å². The van der Waals surface area contributed by atoms with Gasteiger partial charge in [0, 0.05) is 26.2 Å². The van der Waals surface area contributed by atoms with Crippen molar-refractivity contribution in [1.82, 2.24) is 15.5 Å². The maximum Gasteiger partial charge on any atom is 0.166 e. The molecule has 0 radical (unpaired) electrons. The molecule has 88 valence electrons. The number of nitrogens with one attached hydrogen (secondary N) is 2. The van der Waals surface area contributed by atoms with Crippen LogP contribution in [0.2, 0.25) is 0 Å². The first-order valence-corrected chi connectivity index (χ1v) is 5.87. The second-order valence-electron chi connectivity index (χ2n) is 4.08. The highest BCUT2D eigenvalue weighted by molar-refractivity contribution is 7.80. The molecule has 0 aromatic heterocycles. The zero-order valence-electron chi connectivity index (χ0n) is 9.58. The largest absolute Gasteiger partial charge is 0.376 e. The van der Waals surface area contributed by atoms with E-state index in [1.165, 1.54) is 6.42 Å². The van der Waals surface area contributed by atoms with Gasteiger partial charge in [-0.25, -0.2) is 0 Å². The highest BCUT2D eigenvalue weighted by Crippen LogP contribution is 2.10. The number of hydrogen-bond acceptors (Lipinski definition) is 3. The molecule has 0 amide bonds. The van der Waals surface area contributed by atoms with Crippen LogP contribution in [-0.4, -0.2) is 56.5 Å². The highest BCUT2D eigenvalue weighted by atomic mass is 32.1. The van der Waals surface area contributed by atoms with Gasteiger partial charge in [0.25, 0.3) is 0 Å². The Kier molecular flexibility index (Phi) is 5.90. The molecule has 1 atom stereocenters. The predicted octanol–water partition coefficient (Wildman–Crippen LogP) is 0.191. The molecule has 1 aliphatic heterocycles. The van der Waals surface area contributed by atoms with Crippen molar-refractivity contribution in [3.8, 4) is 0 Å². The van der Waals surface area contributed by atoms with E-state index in [1.807, 2.05) is 14.1 Å². The molecule has 1 rings (SSSR count). The number of likely N-dealkylation sites (N-methyl/N-ethyl adjacent to an activating group) is 1. The Bertz CT molecular complexity index is 193. The van der Waals surface area contributed by atoms with Crippen molar-refractivity contribution in [1.29, 1.82) is 0 Å². The molecule has 5 heteroatoms. The number of ether oxygens (including phenoxy) is 1. The lowest BCUT2D eigenvalue weighted by Crippen LogP contribution is -2.41. The number of thiocarbonyl (C=S) groups is 1. The van der Waals surface area contributed by atoms with Crippen molar-refractivity contribution in [3.63, 3.8) is 0 Å². The zero-order chi connectivity index (χ0) is 11.1. The maximum absolute atomic E-state index is 5.49. The molecule has 2 N–H and O–H groups in total. The van der Waals surface area contributed by atoms with Crippen molar-refractivity contribution >= 4 is 17.3 Å². The standard InChI is InChI=1S/C10H21N3OS/c1-13(2)6-5-11-10(15)12-8-9-4-3-7-14-9/h9H,3-8H2,1-2H3,(H2,11,12,15). The van der Waals surface area contributed by atoms with Crippen LogP contribution in [0.15, 0.2) is 0 Å². The summed E-state index contributed by atoms with van der Waals surface area (Å²) < 4.78 is 5.49. The van der Waals surface area contributed by atoms with E-state index >= 15 is 0 Å².